The van der Waals surface area contributed by atoms with Crippen molar-refractivity contribution in [2.45, 2.75) is 38.8 Å². The minimum Gasteiger partial charge on any atom is -0.394 e. The van der Waals surface area contributed by atoms with Crippen molar-refractivity contribution in [2.24, 2.45) is 0 Å². The molecule has 0 aliphatic carbocycles. The van der Waals surface area contributed by atoms with Crippen LogP contribution in [0.25, 0.3) is 16.7 Å². The summed E-state index contributed by atoms with van der Waals surface area (Å²) in [7, 11) is 0. The number of carbonyl (C=O) groups excluding carboxylic acids is 1. The highest BCUT2D eigenvalue weighted by Gasteiger charge is 2.30. The molecule has 2 aromatic carbocycles. The van der Waals surface area contributed by atoms with E-state index in [4.69, 9.17) is 0 Å². The molecule has 158 valence electrons. The Bertz CT molecular complexity index is 1360. The van der Waals surface area contributed by atoms with Gasteiger partial charge in [0.05, 0.1) is 23.7 Å². The number of amides is 1. The lowest BCUT2D eigenvalue weighted by Crippen LogP contribution is -2.46. The zero-order valence-corrected chi connectivity index (χ0v) is 17.2. The van der Waals surface area contributed by atoms with Crippen molar-refractivity contribution in [1.82, 2.24) is 24.5 Å². The van der Waals surface area contributed by atoms with Gasteiger partial charge in [-0.1, -0.05) is 31.2 Å². The van der Waals surface area contributed by atoms with Crippen molar-refractivity contribution in [3.63, 3.8) is 0 Å². The van der Waals surface area contributed by atoms with Crippen LogP contribution in [0, 0.1) is 0 Å². The Hall–Kier alpha value is -3.52. The lowest BCUT2D eigenvalue weighted by molar-refractivity contribution is 0.0544. The van der Waals surface area contributed by atoms with E-state index >= 15 is 0 Å². The molecule has 5 rings (SSSR count). The van der Waals surface area contributed by atoms with E-state index in [2.05, 4.69) is 15.2 Å². The van der Waals surface area contributed by atoms with Crippen LogP contribution in [0.15, 0.2) is 47.3 Å². The number of aliphatic hydroxyl groups is 1. The molecule has 1 aliphatic rings. The van der Waals surface area contributed by atoms with Gasteiger partial charge in [-0.15, -0.1) is 10.2 Å². The summed E-state index contributed by atoms with van der Waals surface area (Å²) in [4.78, 5) is 30.4. The average molecular weight is 417 g/mol. The Labute approximate surface area is 178 Å². The van der Waals surface area contributed by atoms with E-state index in [1.807, 2.05) is 37.3 Å². The first kappa shape index (κ1) is 19.4. The normalized spacial score (nSPS) is 16.1. The number of nitrogens with one attached hydrogen (secondary N) is 1. The molecule has 1 atom stereocenters. The molecule has 3 heterocycles. The summed E-state index contributed by atoms with van der Waals surface area (Å²) in [6, 6.07) is 13.0. The van der Waals surface area contributed by atoms with Crippen LogP contribution >= 0.6 is 0 Å². The highest BCUT2D eigenvalue weighted by atomic mass is 16.3. The van der Waals surface area contributed by atoms with Crippen molar-refractivity contribution in [3.8, 4) is 0 Å². The molecule has 0 fully saturated rings. The summed E-state index contributed by atoms with van der Waals surface area (Å²) in [5, 5.41) is 18.1. The number of hydrogen-bond acceptors (Lipinski definition) is 5. The summed E-state index contributed by atoms with van der Waals surface area (Å²) in [6.45, 7) is 2.38. The number of H-pyrrole nitrogens is 1. The van der Waals surface area contributed by atoms with Crippen LogP contribution in [-0.4, -0.2) is 48.1 Å². The fraction of sp³-hybridized carbons (Fsp3) is 0.304. The fourth-order valence-electron chi connectivity index (χ4n) is 4.40. The van der Waals surface area contributed by atoms with Gasteiger partial charge in [-0.2, -0.15) is 0 Å². The maximum Gasteiger partial charge on any atom is 0.294 e. The fourth-order valence-corrected chi connectivity index (χ4v) is 4.40. The van der Waals surface area contributed by atoms with Gasteiger partial charge >= 0.3 is 0 Å². The van der Waals surface area contributed by atoms with Crippen LogP contribution in [0.1, 0.15) is 40.7 Å². The number of nitrogens with zero attached hydrogens (tertiary/aromatic N) is 4. The van der Waals surface area contributed by atoms with Gasteiger partial charge in [-0.25, -0.2) is 0 Å². The smallest absolute Gasteiger partial charge is 0.294 e. The largest absolute Gasteiger partial charge is 0.394 e. The first-order chi connectivity index (χ1) is 15.1. The maximum atomic E-state index is 13.4. The van der Waals surface area contributed by atoms with Crippen LogP contribution in [-0.2, 0) is 19.4 Å². The first-order valence-corrected chi connectivity index (χ1v) is 10.5. The molecule has 0 radical (unpaired) electrons. The minimum atomic E-state index is -0.341. The highest BCUT2D eigenvalue weighted by molar-refractivity contribution is 5.98. The van der Waals surface area contributed by atoms with Gasteiger partial charge in [0.25, 0.3) is 11.5 Å². The Balaban J connectivity index is 1.57. The summed E-state index contributed by atoms with van der Waals surface area (Å²) in [6.07, 6.45) is 2.20. The molecule has 2 N–H and O–H groups in total. The number of aliphatic hydroxyl groups excluding tert-OH is 1. The predicted octanol–water partition coefficient (Wildman–Crippen LogP) is 2.08. The lowest BCUT2D eigenvalue weighted by atomic mass is 9.93. The third-order valence-corrected chi connectivity index (χ3v) is 5.97. The Morgan fingerprint density at radius 2 is 2.00 bits per heavy atom. The lowest BCUT2D eigenvalue weighted by Gasteiger charge is -2.36. The van der Waals surface area contributed by atoms with Crippen LogP contribution in [0.4, 0.5) is 0 Å². The molecule has 0 saturated carbocycles. The summed E-state index contributed by atoms with van der Waals surface area (Å²) in [5.41, 5.74) is 3.93. The van der Waals surface area contributed by atoms with E-state index in [1.54, 1.807) is 21.4 Å². The molecule has 4 aromatic rings. The van der Waals surface area contributed by atoms with E-state index < -0.39 is 0 Å². The molecule has 0 unspecified atom stereocenters. The second kappa shape index (κ2) is 7.63. The molecule has 8 heteroatoms. The molecule has 2 aromatic heterocycles. The molecule has 8 nitrogen and oxygen atoms in total. The van der Waals surface area contributed by atoms with Crippen LogP contribution < -0.4 is 5.56 Å². The van der Waals surface area contributed by atoms with Crippen LogP contribution in [0.2, 0.25) is 0 Å². The number of rotatable bonds is 4. The molecule has 1 aliphatic heterocycles. The van der Waals surface area contributed by atoms with Gasteiger partial charge in [-0.3, -0.25) is 14.0 Å². The number of hydrogen-bond donors (Lipinski definition) is 2. The van der Waals surface area contributed by atoms with Gasteiger partial charge in [0.1, 0.15) is 5.82 Å². The number of aromatic amines is 1. The monoisotopic (exact) mass is 417 g/mol. The third-order valence-electron chi connectivity index (χ3n) is 5.97. The van der Waals surface area contributed by atoms with Gasteiger partial charge in [0, 0.05) is 18.5 Å². The number of fused-ring (bicyclic) bond motifs is 4. The maximum absolute atomic E-state index is 13.4. The Morgan fingerprint density at radius 1 is 1.19 bits per heavy atom. The van der Waals surface area contributed by atoms with E-state index in [9.17, 15) is 14.7 Å². The van der Waals surface area contributed by atoms with Gasteiger partial charge in [0.2, 0.25) is 5.65 Å². The van der Waals surface area contributed by atoms with E-state index in [-0.39, 0.29) is 29.8 Å². The summed E-state index contributed by atoms with van der Waals surface area (Å²) >= 11 is 0. The molecular formula is C23H23N5O3. The van der Waals surface area contributed by atoms with Gasteiger partial charge in [-0.05, 0) is 42.2 Å². The van der Waals surface area contributed by atoms with Gasteiger partial charge < -0.3 is 15.0 Å². The summed E-state index contributed by atoms with van der Waals surface area (Å²) in [5.74, 6) is 0.551. The zero-order valence-electron chi connectivity index (χ0n) is 17.2. The highest BCUT2D eigenvalue weighted by Crippen LogP contribution is 2.26. The third kappa shape index (κ3) is 3.19. The van der Waals surface area contributed by atoms with Crippen molar-refractivity contribution < 1.29 is 9.90 Å². The second-order valence-electron chi connectivity index (χ2n) is 7.95. The average Bonchev–Trinajstić information content (AvgIpc) is 3.22. The molecule has 31 heavy (non-hydrogen) atoms. The van der Waals surface area contributed by atoms with E-state index in [0.717, 1.165) is 28.9 Å². The topological polar surface area (TPSA) is 104 Å². The predicted molar refractivity (Wildman–Crippen MR) is 116 cm³/mol. The number of aromatic nitrogens is 4. The Morgan fingerprint density at radius 3 is 2.77 bits per heavy atom. The van der Waals surface area contributed by atoms with Crippen molar-refractivity contribution in [3.05, 3.63) is 75.3 Å². The molecule has 0 spiro atoms. The number of carbonyl (C=O) groups is 1. The SMILES string of the molecule is CCCc1nnc2c(=O)[nH]c3cc(C(=O)N4Cc5ccccc5C[C@@H]4CO)ccc3n12. The molecule has 0 saturated heterocycles. The van der Waals surface area contributed by atoms with Gasteiger partial charge in [0.15, 0.2) is 0 Å². The van der Waals surface area contributed by atoms with Crippen molar-refractivity contribution in [2.75, 3.05) is 6.61 Å². The van der Waals surface area contributed by atoms with E-state index in [1.165, 1.54) is 0 Å². The minimum absolute atomic E-state index is 0.105. The number of benzene rings is 2. The van der Waals surface area contributed by atoms with Crippen molar-refractivity contribution >= 4 is 22.6 Å². The molecule has 1 amide bonds. The standard InChI is InChI=1S/C23H23N5O3/c1-2-5-20-25-26-21-22(30)24-18-11-15(8-9-19(18)28(20)21)23(31)27-12-16-7-4-3-6-14(16)10-17(27)13-29/h3-4,6-9,11,17,29H,2,5,10,12-13H2,1H3,(H,24,30)/t17-/m1/s1. The summed E-state index contributed by atoms with van der Waals surface area (Å²) < 4.78 is 1.76. The molecular weight excluding hydrogens is 394 g/mol. The zero-order chi connectivity index (χ0) is 21.5. The molecule has 0 bridgehead atoms. The second-order valence-corrected chi connectivity index (χ2v) is 7.95. The Kier molecular flexibility index (Phi) is 4.78. The number of aryl methyl sites for hydroxylation is 1. The first-order valence-electron chi connectivity index (χ1n) is 10.5. The van der Waals surface area contributed by atoms with Crippen molar-refractivity contribution in [1.29, 1.82) is 0 Å². The van der Waals surface area contributed by atoms with Crippen LogP contribution in [0.5, 0.6) is 0 Å². The van der Waals surface area contributed by atoms with E-state index in [0.29, 0.717) is 30.5 Å². The van der Waals surface area contributed by atoms with Crippen LogP contribution in [0.3, 0.4) is 0 Å². The quantitative estimate of drug-likeness (QED) is 0.529.